The molecule has 1 N–H and O–H groups in total. The molecule has 150 valence electrons. The van der Waals surface area contributed by atoms with E-state index in [4.69, 9.17) is 23.2 Å². The van der Waals surface area contributed by atoms with Crippen molar-refractivity contribution in [2.45, 2.75) is 31.8 Å². The van der Waals surface area contributed by atoms with E-state index in [9.17, 15) is 4.79 Å². The molecule has 2 heterocycles. The fourth-order valence-corrected chi connectivity index (χ4v) is 4.05. The predicted molar refractivity (Wildman–Crippen MR) is 113 cm³/mol. The zero-order valence-corrected chi connectivity index (χ0v) is 17.8. The van der Waals surface area contributed by atoms with E-state index in [1.165, 1.54) is 0 Å². The van der Waals surface area contributed by atoms with E-state index in [1.54, 1.807) is 17.2 Å². The van der Waals surface area contributed by atoms with Crippen molar-refractivity contribution in [1.82, 2.24) is 25.3 Å². The summed E-state index contributed by atoms with van der Waals surface area (Å²) in [5, 5.41) is 11.8. The molecule has 1 aromatic heterocycles. The molecule has 1 aliphatic rings. The third kappa shape index (κ3) is 4.57. The summed E-state index contributed by atoms with van der Waals surface area (Å²) in [4.78, 5) is 16.8. The molecule has 1 unspecified atom stereocenters. The van der Waals surface area contributed by atoms with Crippen molar-refractivity contribution in [2.24, 2.45) is 0 Å². The number of urea groups is 1. The maximum absolute atomic E-state index is 12.7. The van der Waals surface area contributed by atoms with Gasteiger partial charge in [-0.2, -0.15) is 10.2 Å². The van der Waals surface area contributed by atoms with Crippen molar-refractivity contribution in [1.29, 1.82) is 0 Å². The molecule has 6 nitrogen and oxygen atoms in total. The van der Waals surface area contributed by atoms with Crippen molar-refractivity contribution in [3.8, 4) is 11.3 Å². The lowest BCUT2D eigenvalue weighted by Gasteiger charge is -2.35. The standard InChI is InChI=1S/C20H25Cl2N5O/c1-13(24-20(28)27(3)14-8-11-26(2)12-9-14)15-6-7-16(19(22)18(15)21)17-5-4-10-23-25-17/h4-7,10,13-14H,8-9,11-12H2,1-3H3,(H,24,28). The van der Waals surface area contributed by atoms with Gasteiger partial charge in [0.25, 0.3) is 0 Å². The molecule has 0 aliphatic carbocycles. The Morgan fingerprint density at radius 2 is 1.96 bits per heavy atom. The summed E-state index contributed by atoms with van der Waals surface area (Å²) in [6.07, 6.45) is 3.56. The molecule has 8 heteroatoms. The van der Waals surface area contributed by atoms with Crippen molar-refractivity contribution >= 4 is 29.2 Å². The molecule has 2 amide bonds. The number of rotatable bonds is 4. The van der Waals surface area contributed by atoms with Gasteiger partial charge in [0.2, 0.25) is 0 Å². The van der Waals surface area contributed by atoms with Gasteiger partial charge in [-0.3, -0.25) is 0 Å². The molecule has 1 fully saturated rings. The Balaban J connectivity index is 1.71. The molecular formula is C20H25Cl2N5O. The van der Waals surface area contributed by atoms with E-state index in [0.717, 1.165) is 31.5 Å². The van der Waals surface area contributed by atoms with Crippen LogP contribution in [0.1, 0.15) is 31.4 Å². The van der Waals surface area contributed by atoms with E-state index >= 15 is 0 Å². The minimum Gasteiger partial charge on any atom is -0.331 e. The highest BCUT2D eigenvalue weighted by molar-refractivity contribution is 6.44. The van der Waals surface area contributed by atoms with Crippen LogP contribution in [0.15, 0.2) is 30.5 Å². The third-order valence-corrected chi connectivity index (χ3v) is 6.22. The van der Waals surface area contributed by atoms with Crippen molar-refractivity contribution < 1.29 is 4.79 Å². The molecule has 0 saturated carbocycles. The number of nitrogens with one attached hydrogen (secondary N) is 1. The number of likely N-dealkylation sites (tertiary alicyclic amines) is 1. The number of hydrogen-bond acceptors (Lipinski definition) is 4. The molecule has 1 aliphatic heterocycles. The van der Waals surface area contributed by atoms with E-state index in [1.807, 2.05) is 32.2 Å². The summed E-state index contributed by atoms with van der Waals surface area (Å²) in [7, 11) is 3.96. The van der Waals surface area contributed by atoms with Gasteiger partial charge in [-0.15, -0.1) is 0 Å². The van der Waals surface area contributed by atoms with Gasteiger partial charge in [0.15, 0.2) is 0 Å². The van der Waals surface area contributed by atoms with Crippen LogP contribution in [0.25, 0.3) is 11.3 Å². The van der Waals surface area contributed by atoms with Crippen LogP contribution in [0.5, 0.6) is 0 Å². The normalized spacial score (nSPS) is 16.6. The molecule has 1 saturated heterocycles. The number of carbonyl (C=O) groups is 1. The first kappa shape index (κ1) is 20.8. The van der Waals surface area contributed by atoms with Crippen molar-refractivity contribution in [2.75, 3.05) is 27.2 Å². The highest BCUT2D eigenvalue weighted by Gasteiger charge is 2.25. The smallest absolute Gasteiger partial charge is 0.317 e. The van der Waals surface area contributed by atoms with Crippen LogP contribution < -0.4 is 5.32 Å². The Bertz CT molecular complexity index is 825. The van der Waals surface area contributed by atoms with Gasteiger partial charge in [-0.25, -0.2) is 4.79 Å². The maximum Gasteiger partial charge on any atom is 0.317 e. The first-order valence-electron chi connectivity index (χ1n) is 9.36. The lowest BCUT2D eigenvalue weighted by Crippen LogP contribution is -2.48. The minimum absolute atomic E-state index is 0.104. The lowest BCUT2D eigenvalue weighted by atomic mass is 10.0. The topological polar surface area (TPSA) is 61.4 Å². The van der Waals surface area contributed by atoms with E-state index in [0.29, 0.717) is 21.3 Å². The fourth-order valence-electron chi connectivity index (χ4n) is 3.45. The van der Waals surface area contributed by atoms with Crippen LogP contribution in [0, 0.1) is 0 Å². The number of amides is 2. The Hall–Kier alpha value is -1.89. The number of piperidine rings is 1. The quantitative estimate of drug-likeness (QED) is 0.801. The average molecular weight is 422 g/mol. The molecule has 3 rings (SSSR count). The van der Waals surface area contributed by atoms with E-state index in [-0.39, 0.29) is 18.1 Å². The van der Waals surface area contributed by atoms with Crippen molar-refractivity contribution in [3.05, 3.63) is 46.1 Å². The number of aromatic nitrogens is 2. The molecule has 2 aromatic rings. The largest absolute Gasteiger partial charge is 0.331 e. The van der Waals surface area contributed by atoms with Crippen LogP contribution in [0.3, 0.4) is 0 Å². The zero-order chi connectivity index (χ0) is 20.3. The van der Waals surface area contributed by atoms with Crippen LogP contribution >= 0.6 is 23.2 Å². The fraction of sp³-hybridized carbons (Fsp3) is 0.450. The average Bonchev–Trinajstić information content (AvgIpc) is 2.70. The monoisotopic (exact) mass is 421 g/mol. The molecule has 0 bridgehead atoms. The third-order valence-electron chi connectivity index (χ3n) is 5.32. The maximum atomic E-state index is 12.7. The second-order valence-electron chi connectivity index (χ2n) is 7.26. The van der Waals surface area contributed by atoms with E-state index in [2.05, 4.69) is 27.5 Å². The highest BCUT2D eigenvalue weighted by atomic mass is 35.5. The summed E-state index contributed by atoms with van der Waals surface area (Å²) in [5.74, 6) is 0. The van der Waals surface area contributed by atoms with Gasteiger partial charge >= 0.3 is 6.03 Å². The van der Waals surface area contributed by atoms with Crippen LogP contribution in [0.4, 0.5) is 4.79 Å². The van der Waals surface area contributed by atoms with Gasteiger partial charge < -0.3 is 15.1 Å². The van der Waals surface area contributed by atoms with Crippen molar-refractivity contribution in [3.63, 3.8) is 0 Å². The highest BCUT2D eigenvalue weighted by Crippen LogP contribution is 2.37. The Labute approximate surface area is 175 Å². The number of nitrogens with zero attached hydrogens (tertiary/aromatic N) is 4. The summed E-state index contributed by atoms with van der Waals surface area (Å²) in [6, 6.07) is 7.22. The Morgan fingerprint density at radius 1 is 1.25 bits per heavy atom. The van der Waals surface area contributed by atoms with Crippen LogP contribution in [-0.2, 0) is 0 Å². The van der Waals surface area contributed by atoms with Gasteiger partial charge in [0.05, 0.1) is 21.8 Å². The van der Waals surface area contributed by atoms with Gasteiger partial charge in [0, 0.05) is 24.8 Å². The van der Waals surface area contributed by atoms with Gasteiger partial charge in [0.1, 0.15) is 0 Å². The Kier molecular flexibility index (Phi) is 6.75. The van der Waals surface area contributed by atoms with Crippen LogP contribution in [-0.4, -0.2) is 59.3 Å². The Morgan fingerprint density at radius 3 is 2.61 bits per heavy atom. The molecule has 0 spiro atoms. The number of carbonyl (C=O) groups excluding carboxylic acids is 1. The predicted octanol–water partition coefficient (Wildman–Crippen LogP) is 4.25. The first-order chi connectivity index (χ1) is 13.4. The molecule has 28 heavy (non-hydrogen) atoms. The number of halogens is 2. The SMILES string of the molecule is CC(NC(=O)N(C)C1CCN(C)CC1)c1ccc(-c2cccnn2)c(Cl)c1Cl. The lowest BCUT2D eigenvalue weighted by molar-refractivity contribution is 0.146. The van der Waals surface area contributed by atoms with Gasteiger partial charge in [-0.05, 0) is 57.6 Å². The number of benzene rings is 1. The summed E-state index contributed by atoms with van der Waals surface area (Å²) in [6.45, 7) is 3.91. The minimum atomic E-state index is -0.276. The summed E-state index contributed by atoms with van der Waals surface area (Å²) in [5.41, 5.74) is 2.13. The first-order valence-corrected chi connectivity index (χ1v) is 10.1. The molecular weight excluding hydrogens is 397 g/mol. The van der Waals surface area contributed by atoms with Crippen LogP contribution in [0.2, 0.25) is 10.0 Å². The molecule has 1 atom stereocenters. The van der Waals surface area contributed by atoms with E-state index < -0.39 is 0 Å². The summed E-state index contributed by atoms with van der Waals surface area (Å²) < 4.78 is 0. The number of hydrogen-bond donors (Lipinski definition) is 1. The second kappa shape index (κ2) is 9.07. The molecule has 0 radical (unpaired) electrons. The zero-order valence-electron chi connectivity index (χ0n) is 16.3. The molecule has 1 aromatic carbocycles. The summed E-state index contributed by atoms with van der Waals surface area (Å²) >= 11 is 13.0. The van der Waals surface area contributed by atoms with Gasteiger partial charge in [-0.1, -0.05) is 35.3 Å². The second-order valence-corrected chi connectivity index (χ2v) is 8.01.